The number of ether oxygens (including phenoxy) is 3. The van der Waals surface area contributed by atoms with Crippen LogP contribution in [0.3, 0.4) is 0 Å². The second-order valence-corrected chi connectivity index (χ2v) is 6.27. The van der Waals surface area contributed by atoms with Crippen LogP contribution < -0.4 is 20.5 Å². The zero-order valence-corrected chi connectivity index (χ0v) is 15.9. The molecule has 9 nitrogen and oxygen atoms in total. The minimum atomic E-state index is -0.540. The molecule has 0 unspecified atom stereocenters. The van der Waals surface area contributed by atoms with Gasteiger partial charge in [0.25, 0.3) is 0 Å². The number of esters is 1. The Morgan fingerprint density at radius 1 is 1.07 bits per heavy atom. The average Bonchev–Trinajstić information content (AvgIpc) is 2.76. The molecule has 2 aromatic carbocycles. The predicted molar refractivity (Wildman–Crippen MR) is 110 cm³/mol. The van der Waals surface area contributed by atoms with Gasteiger partial charge in [-0.05, 0) is 35.9 Å². The molecule has 0 amide bonds. The van der Waals surface area contributed by atoms with Gasteiger partial charge in [-0.25, -0.2) is 4.79 Å². The molecule has 3 N–H and O–H groups in total. The molecule has 0 bridgehead atoms. The Morgan fingerprint density at radius 2 is 1.87 bits per heavy atom. The summed E-state index contributed by atoms with van der Waals surface area (Å²) in [5, 5.41) is 3.03. The largest absolute Gasteiger partial charge is 0.486 e. The highest BCUT2D eigenvalue weighted by atomic mass is 16.6. The van der Waals surface area contributed by atoms with Crippen molar-refractivity contribution < 1.29 is 19.0 Å². The summed E-state index contributed by atoms with van der Waals surface area (Å²) in [5.74, 6) is 1.33. The number of nitrogens with two attached hydrogens (primary N) is 1. The molecule has 2 heterocycles. The van der Waals surface area contributed by atoms with E-state index in [9.17, 15) is 4.79 Å². The van der Waals surface area contributed by atoms with E-state index in [-0.39, 0.29) is 24.3 Å². The van der Waals surface area contributed by atoms with Gasteiger partial charge in [0.2, 0.25) is 11.9 Å². The molecule has 0 spiro atoms. The number of para-hydroxylation sites is 1. The Kier molecular flexibility index (Phi) is 5.70. The third-order valence-corrected chi connectivity index (χ3v) is 4.05. The van der Waals surface area contributed by atoms with Crippen LogP contribution >= 0.6 is 0 Å². The van der Waals surface area contributed by atoms with E-state index in [1.54, 1.807) is 18.2 Å². The summed E-state index contributed by atoms with van der Waals surface area (Å²) in [7, 11) is 0. The maximum Gasteiger partial charge on any atom is 0.331 e. The van der Waals surface area contributed by atoms with Crippen LogP contribution in [0.2, 0.25) is 0 Å². The molecule has 0 saturated heterocycles. The highest BCUT2D eigenvalue weighted by molar-refractivity contribution is 5.87. The maximum absolute atomic E-state index is 12.1. The number of aromatic nitrogens is 3. The highest BCUT2D eigenvalue weighted by Crippen LogP contribution is 2.31. The Bertz CT molecular complexity index is 1070. The second kappa shape index (κ2) is 8.91. The van der Waals surface area contributed by atoms with Crippen molar-refractivity contribution in [2.45, 2.75) is 6.61 Å². The summed E-state index contributed by atoms with van der Waals surface area (Å²) in [4.78, 5) is 24.3. The number of anilines is 3. The van der Waals surface area contributed by atoms with E-state index in [4.69, 9.17) is 19.9 Å². The zero-order chi connectivity index (χ0) is 20.8. The predicted octanol–water partition coefficient (Wildman–Crippen LogP) is 2.73. The van der Waals surface area contributed by atoms with Crippen LogP contribution in [0.5, 0.6) is 11.5 Å². The molecule has 1 aliphatic rings. The first-order valence-corrected chi connectivity index (χ1v) is 9.23. The van der Waals surface area contributed by atoms with E-state index < -0.39 is 5.97 Å². The van der Waals surface area contributed by atoms with Crippen LogP contribution in [0.15, 0.2) is 54.6 Å². The van der Waals surface area contributed by atoms with Crippen LogP contribution in [0.1, 0.15) is 11.4 Å². The number of nitrogens with zero attached hydrogens (tertiary/aromatic N) is 3. The summed E-state index contributed by atoms with van der Waals surface area (Å²) in [5.41, 5.74) is 7.32. The topological polar surface area (TPSA) is 121 Å². The lowest BCUT2D eigenvalue weighted by Crippen LogP contribution is -2.15. The molecule has 0 radical (unpaired) electrons. The number of carbonyl (C=O) groups is 1. The SMILES string of the molecule is Nc1nc(COC(=O)/C=C/c2ccc3c(c2)OCCO3)nc(Nc2ccccc2)n1. The Morgan fingerprint density at radius 3 is 2.70 bits per heavy atom. The van der Waals surface area contributed by atoms with E-state index >= 15 is 0 Å². The first kappa shape index (κ1) is 19.2. The first-order chi connectivity index (χ1) is 14.7. The van der Waals surface area contributed by atoms with Gasteiger partial charge in [-0.15, -0.1) is 0 Å². The fraction of sp³-hybridized carbons (Fsp3) is 0.143. The fourth-order valence-corrected chi connectivity index (χ4v) is 2.72. The lowest BCUT2D eigenvalue weighted by atomic mass is 10.2. The monoisotopic (exact) mass is 405 g/mol. The Hall–Kier alpha value is -4.14. The van der Waals surface area contributed by atoms with Crippen molar-refractivity contribution in [3.63, 3.8) is 0 Å². The van der Waals surface area contributed by atoms with Crippen molar-refractivity contribution in [3.05, 3.63) is 66.0 Å². The number of benzene rings is 2. The van der Waals surface area contributed by atoms with Crippen molar-refractivity contribution in [2.75, 3.05) is 24.3 Å². The van der Waals surface area contributed by atoms with Gasteiger partial charge in [0.1, 0.15) is 13.2 Å². The van der Waals surface area contributed by atoms with Crippen LogP contribution in [0, 0.1) is 0 Å². The molecule has 9 heteroatoms. The number of carbonyl (C=O) groups excluding carboxylic acids is 1. The molecule has 0 atom stereocenters. The van der Waals surface area contributed by atoms with Crippen molar-refractivity contribution in [1.29, 1.82) is 0 Å². The molecule has 4 rings (SSSR count). The van der Waals surface area contributed by atoms with Gasteiger partial charge in [-0.1, -0.05) is 24.3 Å². The number of fused-ring (bicyclic) bond motifs is 1. The lowest BCUT2D eigenvalue weighted by Gasteiger charge is -2.18. The summed E-state index contributed by atoms with van der Waals surface area (Å²) in [6, 6.07) is 14.8. The molecule has 1 aliphatic heterocycles. The number of nitrogens with one attached hydrogen (secondary N) is 1. The molecular formula is C21H19N5O4. The molecule has 30 heavy (non-hydrogen) atoms. The summed E-state index contributed by atoms with van der Waals surface area (Å²) in [6.45, 7) is 0.886. The molecule has 3 aromatic rings. The van der Waals surface area contributed by atoms with Crippen LogP contribution in [0.25, 0.3) is 6.08 Å². The fourth-order valence-electron chi connectivity index (χ4n) is 2.72. The van der Waals surface area contributed by atoms with E-state index in [1.165, 1.54) is 6.08 Å². The van der Waals surface area contributed by atoms with Gasteiger partial charge in [0, 0.05) is 11.8 Å². The third-order valence-electron chi connectivity index (χ3n) is 4.05. The standard InChI is InChI=1S/C21H19N5O4/c22-20-24-18(25-21(26-20)23-15-4-2-1-3-5-15)13-30-19(27)9-7-14-6-8-16-17(12-14)29-11-10-28-16/h1-9,12H,10-11,13H2,(H3,22,23,24,25,26)/b9-7+. The minimum absolute atomic E-state index is 0.0290. The molecule has 0 saturated carbocycles. The van der Waals surface area contributed by atoms with Gasteiger partial charge < -0.3 is 25.3 Å². The molecule has 152 valence electrons. The maximum atomic E-state index is 12.1. The Balaban J connectivity index is 1.36. The van der Waals surface area contributed by atoms with Gasteiger partial charge in [-0.2, -0.15) is 15.0 Å². The van der Waals surface area contributed by atoms with Crippen molar-refractivity contribution in [2.24, 2.45) is 0 Å². The Labute approximate surface area is 172 Å². The zero-order valence-electron chi connectivity index (χ0n) is 15.9. The van der Waals surface area contributed by atoms with Crippen molar-refractivity contribution in [3.8, 4) is 11.5 Å². The van der Waals surface area contributed by atoms with Crippen molar-refractivity contribution >= 4 is 29.6 Å². The van der Waals surface area contributed by atoms with Crippen LogP contribution in [-0.4, -0.2) is 34.1 Å². The van der Waals surface area contributed by atoms with E-state index in [0.29, 0.717) is 24.7 Å². The van der Waals surface area contributed by atoms with E-state index in [0.717, 1.165) is 11.3 Å². The van der Waals surface area contributed by atoms with Gasteiger partial charge in [0.05, 0.1) is 0 Å². The van der Waals surface area contributed by atoms with Crippen LogP contribution in [-0.2, 0) is 16.1 Å². The van der Waals surface area contributed by atoms with E-state index in [1.807, 2.05) is 36.4 Å². The minimum Gasteiger partial charge on any atom is -0.486 e. The lowest BCUT2D eigenvalue weighted by molar-refractivity contribution is -0.139. The van der Waals surface area contributed by atoms with E-state index in [2.05, 4.69) is 20.3 Å². The summed E-state index contributed by atoms with van der Waals surface area (Å²) in [6.07, 6.45) is 2.95. The molecule has 0 fully saturated rings. The van der Waals surface area contributed by atoms with Crippen molar-refractivity contribution in [1.82, 2.24) is 15.0 Å². The highest BCUT2D eigenvalue weighted by Gasteiger charge is 2.11. The first-order valence-electron chi connectivity index (χ1n) is 9.23. The van der Waals surface area contributed by atoms with Gasteiger partial charge in [-0.3, -0.25) is 0 Å². The third kappa shape index (κ3) is 5.02. The number of hydrogen-bond donors (Lipinski definition) is 2. The summed E-state index contributed by atoms with van der Waals surface area (Å²) >= 11 is 0. The number of hydrogen-bond acceptors (Lipinski definition) is 9. The average molecular weight is 405 g/mol. The quantitative estimate of drug-likeness (QED) is 0.471. The number of nitrogen functional groups attached to an aromatic ring is 1. The molecular weight excluding hydrogens is 386 g/mol. The molecule has 0 aliphatic carbocycles. The van der Waals surface area contributed by atoms with Crippen LogP contribution in [0.4, 0.5) is 17.6 Å². The normalized spacial score (nSPS) is 12.5. The van der Waals surface area contributed by atoms with Gasteiger partial charge in [0.15, 0.2) is 23.9 Å². The number of rotatable bonds is 6. The summed E-state index contributed by atoms with van der Waals surface area (Å²) < 4.78 is 16.2. The molecule has 1 aromatic heterocycles. The van der Waals surface area contributed by atoms with Gasteiger partial charge >= 0.3 is 5.97 Å². The smallest absolute Gasteiger partial charge is 0.331 e. The second-order valence-electron chi connectivity index (χ2n) is 6.27.